The number of rotatable bonds is 5. The summed E-state index contributed by atoms with van der Waals surface area (Å²) in [4.78, 5) is 0. The van der Waals surface area contributed by atoms with Crippen LogP contribution in [0.5, 0.6) is 5.75 Å². The molecule has 98 valence electrons. The summed E-state index contributed by atoms with van der Waals surface area (Å²) in [6, 6.07) is 10.8. The van der Waals surface area contributed by atoms with E-state index in [4.69, 9.17) is 26.0 Å². The molecule has 0 saturated heterocycles. The molecule has 5 heteroatoms. The lowest BCUT2D eigenvalue weighted by Crippen LogP contribution is -1.99. The van der Waals surface area contributed by atoms with Gasteiger partial charge in [0.25, 0.3) is 0 Å². The fourth-order valence-corrected chi connectivity index (χ4v) is 1.84. The van der Waals surface area contributed by atoms with Gasteiger partial charge in [-0.05, 0) is 37.3 Å². The van der Waals surface area contributed by atoms with Crippen LogP contribution in [0.15, 0.2) is 34.7 Å². The topological polar surface area (TPSA) is 58.2 Å². The lowest BCUT2D eigenvalue weighted by atomic mass is 10.3. The second-order valence-corrected chi connectivity index (χ2v) is 4.22. The van der Waals surface area contributed by atoms with Gasteiger partial charge >= 0.3 is 0 Å². The summed E-state index contributed by atoms with van der Waals surface area (Å²) in [6.07, 6.45) is 0. The predicted molar refractivity (Wildman–Crippen MR) is 73.4 cm³/mol. The molecule has 0 bridgehead atoms. The number of hydrogen-bond acceptors (Lipinski definition) is 4. The molecule has 1 N–H and O–H groups in total. The van der Waals surface area contributed by atoms with Crippen LogP contribution in [0, 0.1) is 11.3 Å². The number of benzene rings is 1. The minimum Gasteiger partial charge on any atom is -0.492 e. The van der Waals surface area contributed by atoms with Gasteiger partial charge in [0.05, 0.1) is 18.2 Å². The van der Waals surface area contributed by atoms with Crippen LogP contribution in [-0.4, -0.2) is 6.61 Å². The van der Waals surface area contributed by atoms with Gasteiger partial charge in [-0.15, -0.1) is 0 Å². The first-order valence-corrected chi connectivity index (χ1v) is 6.25. The summed E-state index contributed by atoms with van der Waals surface area (Å²) in [7, 11) is 0. The Hall–Kier alpha value is -2.12. The van der Waals surface area contributed by atoms with E-state index in [1.165, 1.54) is 0 Å². The number of nitriles is 1. The maximum atomic E-state index is 8.66. The maximum absolute atomic E-state index is 8.66. The molecule has 19 heavy (non-hydrogen) atoms. The van der Waals surface area contributed by atoms with Gasteiger partial charge in [-0.3, -0.25) is 0 Å². The van der Waals surface area contributed by atoms with Gasteiger partial charge in [0, 0.05) is 5.69 Å². The normalized spacial score (nSPS) is 9.95. The third kappa shape index (κ3) is 3.43. The highest BCUT2D eigenvalue weighted by Crippen LogP contribution is 2.27. The second-order valence-electron chi connectivity index (χ2n) is 3.81. The molecule has 0 saturated carbocycles. The van der Waals surface area contributed by atoms with Crippen LogP contribution in [0.4, 0.5) is 5.69 Å². The molecular formula is C14H13ClN2O2. The average Bonchev–Trinajstić information content (AvgIpc) is 2.87. The molecule has 1 heterocycles. The summed E-state index contributed by atoms with van der Waals surface area (Å²) >= 11 is 6.08. The first kappa shape index (κ1) is 13.3. The minimum absolute atomic E-state index is 0.307. The number of hydrogen-bond donors (Lipinski definition) is 1. The third-order valence-electron chi connectivity index (χ3n) is 2.47. The van der Waals surface area contributed by atoms with Crippen LogP contribution >= 0.6 is 11.6 Å². The van der Waals surface area contributed by atoms with Crippen LogP contribution in [0.2, 0.25) is 5.02 Å². The highest BCUT2D eigenvalue weighted by Gasteiger charge is 2.04. The number of nitrogens with zero attached hydrogens (tertiary/aromatic N) is 1. The van der Waals surface area contributed by atoms with Crippen molar-refractivity contribution in [2.24, 2.45) is 0 Å². The molecule has 0 amide bonds. The summed E-state index contributed by atoms with van der Waals surface area (Å²) in [5.74, 6) is 1.67. The van der Waals surface area contributed by atoms with Gasteiger partial charge in [-0.1, -0.05) is 11.6 Å². The molecule has 0 aliphatic rings. The van der Waals surface area contributed by atoms with E-state index in [0.717, 1.165) is 5.69 Å². The average molecular weight is 277 g/mol. The van der Waals surface area contributed by atoms with Crippen LogP contribution in [0.3, 0.4) is 0 Å². The summed E-state index contributed by atoms with van der Waals surface area (Å²) in [6.45, 7) is 2.98. The Balaban J connectivity index is 2.00. The molecular weight excluding hydrogens is 264 g/mol. The van der Waals surface area contributed by atoms with Crippen molar-refractivity contribution < 1.29 is 9.15 Å². The molecule has 0 aliphatic carbocycles. The largest absolute Gasteiger partial charge is 0.492 e. The quantitative estimate of drug-likeness (QED) is 0.902. The lowest BCUT2D eigenvalue weighted by molar-refractivity contribution is 0.340. The van der Waals surface area contributed by atoms with Crippen molar-refractivity contribution in [1.29, 1.82) is 5.26 Å². The molecule has 4 nitrogen and oxygen atoms in total. The van der Waals surface area contributed by atoms with E-state index in [2.05, 4.69) is 5.32 Å². The summed E-state index contributed by atoms with van der Waals surface area (Å²) in [5, 5.41) is 12.4. The molecule has 0 aliphatic heterocycles. The molecule has 0 spiro atoms. The Morgan fingerprint density at radius 2 is 2.21 bits per heavy atom. The smallest absolute Gasteiger partial charge is 0.203 e. The number of nitrogens with one attached hydrogen (secondary N) is 1. The Bertz CT molecular complexity index is 602. The molecule has 2 aromatic rings. The zero-order valence-corrected chi connectivity index (χ0v) is 11.2. The lowest BCUT2D eigenvalue weighted by Gasteiger charge is -2.09. The zero-order valence-electron chi connectivity index (χ0n) is 10.4. The Morgan fingerprint density at radius 3 is 2.84 bits per heavy atom. The van der Waals surface area contributed by atoms with Crippen LogP contribution in [0.25, 0.3) is 0 Å². The van der Waals surface area contributed by atoms with E-state index < -0.39 is 0 Å². The van der Waals surface area contributed by atoms with Crippen molar-refractivity contribution in [3.63, 3.8) is 0 Å². The Kier molecular flexibility index (Phi) is 4.32. The first-order chi connectivity index (χ1) is 9.22. The molecule has 0 atom stereocenters. The van der Waals surface area contributed by atoms with Crippen molar-refractivity contribution in [2.75, 3.05) is 11.9 Å². The predicted octanol–water partition coefficient (Wildman–Crippen LogP) is 3.82. The van der Waals surface area contributed by atoms with Crippen molar-refractivity contribution >= 4 is 17.3 Å². The number of anilines is 1. The fourth-order valence-electron chi connectivity index (χ4n) is 1.61. The van der Waals surface area contributed by atoms with Gasteiger partial charge in [-0.2, -0.15) is 5.26 Å². The van der Waals surface area contributed by atoms with Crippen molar-refractivity contribution in [1.82, 2.24) is 0 Å². The Labute approximate surface area is 116 Å². The van der Waals surface area contributed by atoms with E-state index in [0.29, 0.717) is 35.4 Å². The van der Waals surface area contributed by atoms with E-state index in [-0.39, 0.29) is 0 Å². The fraction of sp³-hybridized carbons (Fsp3) is 0.214. The monoisotopic (exact) mass is 276 g/mol. The molecule has 2 rings (SSSR count). The summed E-state index contributed by atoms with van der Waals surface area (Å²) < 4.78 is 10.6. The molecule has 0 fully saturated rings. The van der Waals surface area contributed by atoms with Crippen LogP contribution in [0.1, 0.15) is 18.4 Å². The second kappa shape index (κ2) is 6.17. The molecule has 0 radical (unpaired) electrons. The van der Waals surface area contributed by atoms with Crippen LogP contribution < -0.4 is 10.1 Å². The highest BCUT2D eigenvalue weighted by molar-refractivity contribution is 6.32. The van der Waals surface area contributed by atoms with Gasteiger partial charge in [0.1, 0.15) is 17.6 Å². The molecule has 0 unspecified atom stereocenters. The molecule has 1 aromatic heterocycles. The van der Waals surface area contributed by atoms with Gasteiger partial charge in [-0.25, -0.2) is 0 Å². The molecule has 1 aromatic carbocycles. The summed E-state index contributed by atoms with van der Waals surface area (Å²) in [5.41, 5.74) is 0.864. The van der Waals surface area contributed by atoms with E-state index in [1.807, 2.05) is 25.1 Å². The van der Waals surface area contributed by atoms with E-state index >= 15 is 0 Å². The van der Waals surface area contributed by atoms with Crippen molar-refractivity contribution in [2.45, 2.75) is 13.5 Å². The zero-order chi connectivity index (χ0) is 13.7. The van der Waals surface area contributed by atoms with E-state index in [9.17, 15) is 0 Å². The number of furan rings is 1. The van der Waals surface area contributed by atoms with Crippen molar-refractivity contribution in [3.8, 4) is 11.8 Å². The standard InChI is InChI=1S/C14H13ClN2O2/c1-2-18-14-6-3-10(7-13(14)15)17-9-12-5-4-11(8-16)19-12/h3-7,17H,2,9H2,1H3. The van der Waals surface area contributed by atoms with Gasteiger partial charge in [0.2, 0.25) is 5.76 Å². The number of ether oxygens (including phenoxy) is 1. The van der Waals surface area contributed by atoms with Crippen molar-refractivity contribution in [3.05, 3.63) is 46.9 Å². The third-order valence-corrected chi connectivity index (χ3v) is 2.77. The minimum atomic E-state index is 0.307. The van der Waals surface area contributed by atoms with Crippen LogP contribution in [-0.2, 0) is 6.54 Å². The SMILES string of the molecule is CCOc1ccc(NCc2ccc(C#N)o2)cc1Cl. The van der Waals surface area contributed by atoms with Gasteiger partial charge in [0.15, 0.2) is 0 Å². The van der Waals surface area contributed by atoms with E-state index in [1.54, 1.807) is 18.2 Å². The highest BCUT2D eigenvalue weighted by atomic mass is 35.5. The first-order valence-electron chi connectivity index (χ1n) is 5.88. The maximum Gasteiger partial charge on any atom is 0.203 e. The van der Waals surface area contributed by atoms with Gasteiger partial charge < -0.3 is 14.5 Å². The number of halogens is 1. The Morgan fingerprint density at radius 1 is 1.37 bits per heavy atom.